The Morgan fingerprint density at radius 1 is 1.29 bits per heavy atom. The van der Waals surface area contributed by atoms with E-state index in [1.54, 1.807) is 14.2 Å². The van der Waals surface area contributed by atoms with Crippen molar-refractivity contribution < 1.29 is 19.1 Å². The number of ether oxygens (including phenoxy) is 2. The fourth-order valence-electron chi connectivity index (χ4n) is 2.36. The lowest BCUT2D eigenvalue weighted by Gasteiger charge is -2.23. The van der Waals surface area contributed by atoms with E-state index in [2.05, 4.69) is 15.0 Å². The number of rotatable bonds is 4. The Balaban J connectivity index is 0.000000547. The average Bonchev–Trinajstić information content (AvgIpc) is 2.64. The maximum atomic E-state index is 11.8. The number of methoxy groups -OCH3 is 1. The number of amides is 1. The van der Waals surface area contributed by atoms with Crippen LogP contribution in [0, 0.1) is 11.3 Å². The Kier molecular flexibility index (Phi) is 12.2. The highest BCUT2D eigenvalue weighted by Crippen LogP contribution is 2.21. The van der Waals surface area contributed by atoms with E-state index in [4.69, 9.17) is 15.9 Å². The largest absolute Gasteiger partial charge is 0.449 e. The summed E-state index contributed by atoms with van der Waals surface area (Å²) < 4.78 is 9.12. The second-order valence-corrected chi connectivity index (χ2v) is 6.81. The topological polar surface area (TPSA) is 147 Å². The van der Waals surface area contributed by atoms with E-state index in [9.17, 15) is 14.4 Å². The molecule has 1 fully saturated rings. The summed E-state index contributed by atoms with van der Waals surface area (Å²) in [6.45, 7) is 2.96. The van der Waals surface area contributed by atoms with E-state index in [0.717, 1.165) is 19.1 Å². The average molecular weight is 396 g/mol. The van der Waals surface area contributed by atoms with Crippen LogP contribution in [0.2, 0.25) is 0 Å². The number of aldehydes is 1. The minimum Gasteiger partial charge on any atom is -0.449 e. The fourth-order valence-corrected chi connectivity index (χ4v) is 2.36. The van der Waals surface area contributed by atoms with Gasteiger partial charge in [0.1, 0.15) is 6.29 Å². The maximum absolute atomic E-state index is 11.8. The van der Waals surface area contributed by atoms with E-state index < -0.39 is 17.5 Å². The molecule has 158 valence electrons. The summed E-state index contributed by atoms with van der Waals surface area (Å²) in [6, 6.07) is 2.21. The van der Waals surface area contributed by atoms with Crippen LogP contribution in [0.25, 0.3) is 0 Å². The molecule has 1 amide bonds. The number of carbonyl (C=O) groups excluding carboxylic acids is 2. The minimum atomic E-state index is -1.26. The lowest BCUT2D eigenvalue weighted by Crippen LogP contribution is -2.43. The van der Waals surface area contributed by atoms with Crippen molar-refractivity contribution in [1.82, 2.24) is 4.98 Å². The third kappa shape index (κ3) is 11.1. The van der Waals surface area contributed by atoms with Gasteiger partial charge in [-0.15, -0.1) is 0 Å². The molecular formula is C19H32N4O5. The number of pyridine rings is 1. The molecule has 28 heavy (non-hydrogen) atoms. The number of nitrogens with one attached hydrogen (secondary N) is 3. The number of anilines is 1. The molecule has 1 aromatic heterocycles. The molecule has 0 bridgehead atoms. The first-order chi connectivity index (χ1) is 13.2. The summed E-state index contributed by atoms with van der Waals surface area (Å²) in [5.41, 5.74) is 3.97. The molecule has 0 radical (unpaired) electrons. The Morgan fingerprint density at radius 2 is 1.86 bits per heavy atom. The number of aromatic nitrogens is 1. The zero-order valence-corrected chi connectivity index (χ0v) is 17.0. The number of hydrogen-bond acceptors (Lipinski definition) is 6. The SMILES string of the molecule is CC(C)(OC(=N)N)C(=O)Nc1ccc(=O)[nH]c1.COC.O=CC1CCCCC1. The molecule has 5 N–H and O–H groups in total. The number of amidine groups is 1. The van der Waals surface area contributed by atoms with Crippen LogP contribution in [0.1, 0.15) is 46.0 Å². The smallest absolute Gasteiger partial charge is 0.280 e. The first-order valence-electron chi connectivity index (χ1n) is 9.05. The van der Waals surface area contributed by atoms with Gasteiger partial charge in [0.05, 0.1) is 5.69 Å². The lowest BCUT2D eigenvalue weighted by atomic mass is 9.91. The van der Waals surface area contributed by atoms with Crippen LogP contribution in [0.3, 0.4) is 0 Å². The first kappa shape index (κ1) is 25.3. The third-order valence-electron chi connectivity index (χ3n) is 3.80. The van der Waals surface area contributed by atoms with Crippen LogP contribution in [-0.2, 0) is 19.1 Å². The predicted octanol–water partition coefficient (Wildman–Crippen LogP) is 2.03. The minimum absolute atomic E-state index is 0.262. The van der Waals surface area contributed by atoms with Crippen molar-refractivity contribution in [2.75, 3.05) is 19.5 Å². The fraction of sp³-hybridized carbons (Fsp3) is 0.579. The summed E-state index contributed by atoms with van der Waals surface area (Å²) in [4.78, 5) is 35.2. The summed E-state index contributed by atoms with van der Waals surface area (Å²) in [5, 5.41) is 9.51. The lowest BCUT2D eigenvalue weighted by molar-refractivity contribution is -0.129. The van der Waals surface area contributed by atoms with Gasteiger partial charge in [0.25, 0.3) is 11.9 Å². The monoisotopic (exact) mass is 396 g/mol. The van der Waals surface area contributed by atoms with Gasteiger partial charge in [-0.3, -0.25) is 15.0 Å². The maximum Gasteiger partial charge on any atom is 0.280 e. The molecule has 0 saturated heterocycles. The van der Waals surface area contributed by atoms with Crippen molar-refractivity contribution in [2.45, 2.75) is 51.6 Å². The van der Waals surface area contributed by atoms with Crippen LogP contribution < -0.4 is 16.6 Å². The standard InChI is InChI=1S/C10H14N4O3.C7H12O.C2H6O/c1-10(2,17-9(11)12)8(16)14-6-3-4-7(15)13-5-6;8-6-7-4-2-1-3-5-7;1-3-2/h3-5H,1-2H3,(H3,11,12)(H,13,15)(H,14,16);6-7H,1-5H2;1-2H3. The van der Waals surface area contributed by atoms with E-state index >= 15 is 0 Å². The number of hydrogen-bond donors (Lipinski definition) is 4. The Hall–Kier alpha value is -2.68. The number of nitrogens with two attached hydrogens (primary N) is 1. The normalized spacial score (nSPS) is 13.7. The number of carbonyl (C=O) groups is 2. The summed E-state index contributed by atoms with van der Waals surface area (Å²) in [5.74, 6) is -0.0662. The Bertz CT molecular complexity index is 646. The van der Waals surface area contributed by atoms with Crippen molar-refractivity contribution in [3.63, 3.8) is 0 Å². The van der Waals surface area contributed by atoms with Gasteiger partial charge >= 0.3 is 0 Å². The molecule has 1 aliphatic rings. The molecule has 2 rings (SSSR count). The predicted molar refractivity (Wildman–Crippen MR) is 108 cm³/mol. The Morgan fingerprint density at radius 3 is 2.25 bits per heavy atom. The van der Waals surface area contributed by atoms with Gasteiger partial charge in [-0.2, -0.15) is 0 Å². The quantitative estimate of drug-likeness (QED) is 0.348. The van der Waals surface area contributed by atoms with E-state index in [0.29, 0.717) is 11.6 Å². The van der Waals surface area contributed by atoms with Gasteiger partial charge in [0.15, 0.2) is 5.60 Å². The highest BCUT2D eigenvalue weighted by Gasteiger charge is 2.30. The van der Waals surface area contributed by atoms with Crippen molar-refractivity contribution >= 4 is 23.9 Å². The highest BCUT2D eigenvalue weighted by atomic mass is 16.5. The number of H-pyrrole nitrogens is 1. The molecule has 0 aromatic carbocycles. The van der Waals surface area contributed by atoms with Gasteiger partial charge in [0, 0.05) is 32.4 Å². The molecule has 0 aliphatic heterocycles. The van der Waals surface area contributed by atoms with Gasteiger partial charge < -0.3 is 30.3 Å². The Labute approximate surface area is 165 Å². The van der Waals surface area contributed by atoms with Crippen LogP contribution in [0.15, 0.2) is 23.1 Å². The second kappa shape index (κ2) is 13.5. The molecule has 9 heteroatoms. The van der Waals surface area contributed by atoms with E-state index in [-0.39, 0.29) is 5.56 Å². The van der Waals surface area contributed by atoms with Gasteiger partial charge in [-0.25, -0.2) is 0 Å². The van der Waals surface area contributed by atoms with Crippen molar-refractivity contribution in [1.29, 1.82) is 5.41 Å². The van der Waals surface area contributed by atoms with Gasteiger partial charge in [-0.1, -0.05) is 19.3 Å². The van der Waals surface area contributed by atoms with Crippen molar-refractivity contribution in [3.05, 3.63) is 28.7 Å². The molecule has 0 spiro atoms. The van der Waals surface area contributed by atoms with Crippen LogP contribution >= 0.6 is 0 Å². The third-order valence-corrected chi connectivity index (χ3v) is 3.80. The summed E-state index contributed by atoms with van der Waals surface area (Å²) in [6.07, 6.45) is 8.63. The van der Waals surface area contributed by atoms with Gasteiger partial charge in [-0.05, 0) is 32.8 Å². The molecular weight excluding hydrogens is 364 g/mol. The van der Waals surface area contributed by atoms with E-state index in [1.165, 1.54) is 51.4 Å². The number of aromatic amines is 1. The van der Waals surface area contributed by atoms with E-state index in [1.807, 2.05) is 0 Å². The van der Waals surface area contributed by atoms with Crippen LogP contribution in [-0.4, -0.2) is 43.0 Å². The van der Waals surface area contributed by atoms with Crippen molar-refractivity contribution in [3.8, 4) is 0 Å². The molecule has 1 saturated carbocycles. The molecule has 0 unspecified atom stereocenters. The molecule has 9 nitrogen and oxygen atoms in total. The zero-order chi connectivity index (χ0) is 21.6. The van der Waals surface area contributed by atoms with Crippen LogP contribution in [0.4, 0.5) is 5.69 Å². The molecule has 1 aliphatic carbocycles. The van der Waals surface area contributed by atoms with Crippen LogP contribution in [0.5, 0.6) is 0 Å². The summed E-state index contributed by atoms with van der Waals surface area (Å²) >= 11 is 0. The first-order valence-corrected chi connectivity index (χ1v) is 9.05. The second-order valence-electron chi connectivity index (χ2n) is 6.81. The highest BCUT2D eigenvalue weighted by molar-refractivity contribution is 5.97. The summed E-state index contributed by atoms with van der Waals surface area (Å²) in [7, 11) is 3.25. The van der Waals surface area contributed by atoms with Crippen molar-refractivity contribution in [2.24, 2.45) is 11.7 Å². The molecule has 1 heterocycles. The van der Waals surface area contributed by atoms with Gasteiger partial charge in [0.2, 0.25) is 5.56 Å². The molecule has 1 aromatic rings. The zero-order valence-electron chi connectivity index (χ0n) is 17.0. The molecule has 0 atom stereocenters.